The molecule has 1 unspecified atom stereocenters. The molecule has 6 rings (SSSR count). The van der Waals surface area contributed by atoms with Gasteiger partial charge in [0.2, 0.25) is 16.0 Å². The largest absolute Gasteiger partial charge is 0.339 e. The number of sulfonamides is 1. The number of nitrogens with one attached hydrogen (secondary N) is 1. The summed E-state index contributed by atoms with van der Waals surface area (Å²) in [5.41, 5.74) is 3.48. The predicted molar refractivity (Wildman–Crippen MR) is 155 cm³/mol. The Labute approximate surface area is 240 Å². The van der Waals surface area contributed by atoms with Gasteiger partial charge in [-0.1, -0.05) is 23.7 Å². The van der Waals surface area contributed by atoms with Crippen molar-refractivity contribution >= 4 is 38.6 Å². The number of H-pyrrole nitrogens is 1. The zero-order valence-electron chi connectivity index (χ0n) is 22.7. The molecule has 1 aliphatic heterocycles. The molecule has 40 heavy (non-hydrogen) atoms. The summed E-state index contributed by atoms with van der Waals surface area (Å²) in [4.78, 5) is 10.6. The summed E-state index contributed by atoms with van der Waals surface area (Å²) < 4.78 is 39.5. The van der Waals surface area contributed by atoms with Gasteiger partial charge in [-0.25, -0.2) is 22.1 Å². The summed E-state index contributed by atoms with van der Waals surface area (Å²) in [5.74, 6) is 1.38. The van der Waals surface area contributed by atoms with Crippen LogP contribution in [0.1, 0.15) is 62.5 Å². The lowest BCUT2D eigenvalue weighted by Crippen LogP contribution is -2.41. The maximum Gasteiger partial charge on any atom is 0.211 e. The number of nitrogens with zero attached hydrogens (tertiary/aromatic N) is 4. The van der Waals surface area contributed by atoms with Crippen molar-refractivity contribution in [2.75, 3.05) is 30.8 Å². The first-order valence-electron chi connectivity index (χ1n) is 14.2. The SMILES string of the molecule is CS(=O)(=O)N1CCC(CCCN(c2nc3cc(Cl)c(F)cc3[nH]2)[C@@H]2CC[C@]3(c4cccc(C#N)c4)CC3C2)CC1. The van der Waals surface area contributed by atoms with Gasteiger partial charge in [-0.15, -0.1) is 0 Å². The Hall–Kier alpha value is -2.67. The Kier molecular flexibility index (Phi) is 7.30. The first kappa shape index (κ1) is 27.5. The molecule has 2 saturated carbocycles. The van der Waals surface area contributed by atoms with Crippen molar-refractivity contribution in [3.05, 3.63) is 58.4 Å². The van der Waals surface area contributed by atoms with E-state index in [0.717, 1.165) is 69.4 Å². The summed E-state index contributed by atoms with van der Waals surface area (Å²) in [7, 11) is -3.12. The van der Waals surface area contributed by atoms with E-state index < -0.39 is 15.8 Å². The molecule has 3 aromatic rings. The maximum absolute atomic E-state index is 14.2. The molecule has 212 valence electrons. The molecule has 1 aromatic heterocycles. The molecule has 2 heterocycles. The van der Waals surface area contributed by atoms with Crippen molar-refractivity contribution in [3.63, 3.8) is 0 Å². The van der Waals surface area contributed by atoms with Crippen LogP contribution in [0.15, 0.2) is 36.4 Å². The van der Waals surface area contributed by atoms with Crippen molar-refractivity contribution in [2.45, 2.75) is 62.8 Å². The Morgan fingerprint density at radius 1 is 1.25 bits per heavy atom. The van der Waals surface area contributed by atoms with Gasteiger partial charge in [-0.2, -0.15) is 5.26 Å². The number of aromatic amines is 1. The van der Waals surface area contributed by atoms with E-state index in [9.17, 15) is 18.1 Å². The van der Waals surface area contributed by atoms with Gasteiger partial charge in [0.1, 0.15) is 5.82 Å². The second kappa shape index (κ2) is 10.6. The summed E-state index contributed by atoms with van der Waals surface area (Å²) in [5, 5.41) is 9.46. The smallest absolute Gasteiger partial charge is 0.211 e. The molecule has 0 spiro atoms. The van der Waals surface area contributed by atoms with E-state index in [1.165, 1.54) is 17.9 Å². The van der Waals surface area contributed by atoms with Crippen LogP contribution in [0.25, 0.3) is 11.0 Å². The number of piperidine rings is 1. The molecule has 3 aliphatic rings. The highest BCUT2D eigenvalue weighted by Gasteiger charge is 2.58. The number of imidazole rings is 1. The minimum absolute atomic E-state index is 0.0672. The number of nitriles is 1. The zero-order chi connectivity index (χ0) is 28.1. The molecule has 10 heteroatoms. The molecule has 0 bridgehead atoms. The van der Waals surface area contributed by atoms with Crippen LogP contribution in [0.2, 0.25) is 5.02 Å². The van der Waals surface area contributed by atoms with Gasteiger partial charge in [-0.05, 0) is 92.4 Å². The van der Waals surface area contributed by atoms with Crippen molar-refractivity contribution in [2.24, 2.45) is 11.8 Å². The fourth-order valence-electron chi connectivity index (χ4n) is 7.21. The minimum Gasteiger partial charge on any atom is -0.339 e. The lowest BCUT2D eigenvalue weighted by atomic mass is 9.80. The van der Waals surface area contributed by atoms with Crippen LogP contribution >= 0.6 is 11.6 Å². The third-order valence-corrected chi connectivity index (χ3v) is 11.1. The van der Waals surface area contributed by atoms with Gasteiger partial charge in [-0.3, -0.25) is 0 Å². The van der Waals surface area contributed by atoms with Crippen LogP contribution in [0.4, 0.5) is 10.3 Å². The number of hydrogen-bond acceptors (Lipinski definition) is 5. The van der Waals surface area contributed by atoms with Gasteiger partial charge < -0.3 is 9.88 Å². The van der Waals surface area contributed by atoms with Gasteiger partial charge in [0, 0.05) is 31.7 Å². The van der Waals surface area contributed by atoms with Crippen LogP contribution in [0.3, 0.4) is 0 Å². The number of fused-ring (bicyclic) bond motifs is 2. The summed E-state index contributed by atoms with van der Waals surface area (Å²) in [6, 6.07) is 13.7. The number of rotatable bonds is 8. The fourth-order valence-corrected chi connectivity index (χ4v) is 8.25. The monoisotopic (exact) mass is 583 g/mol. The van der Waals surface area contributed by atoms with Crippen LogP contribution in [-0.2, 0) is 15.4 Å². The molecule has 1 saturated heterocycles. The van der Waals surface area contributed by atoms with Crippen LogP contribution in [0.5, 0.6) is 0 Å². The van der Waals surface area contributed by atoms with Crippen LogP contribution in [0, 0.1) is 29.0 Å². The molecule has 0 radical (unpaired) electrons. The third-order valence-electron chi connectivity index (χ3n) is 9.56. The van der Waals surface area contributed by atoms with Crippen molar-refractivity contribution in [1.82, 2.24) is 14.3 Å². The number of benzene rings is 2. The van der Waals surface area contributed by atoms with E-state index in [4.69, 9.17) is 16.6 Å². The van der Waals surface area contributed by atoms with Crippen molar-refractivity contribution in [1.29, 1.82) is 5.26 Å². The number of aromatic nitrogens is 2. The quantitative estimate of drug-likeness (QED) is 0.351. The Morgan fingerprint density at radius 2 is 2.05 bits per heavy atom. The molecule has 2 aromatic carbocycles. The lowest BCUT2D eigenvalue weighted by molar-refractivity contribution is 0.260. The Balaban J connectivity index is 1.17. The summed E-state index contributed by atoms with van der Waals surface area (Å²) >= 11 is 6.05. The third kappa shape index (κ3) is 5.34. The second-order valence-electron chi connectivity index (χ2n) is 12.0. The Bertz CT molecular complexity index is 1520. The number of anilines is 1. The average Bonchev–Trinajstić information content (AvgIpc) is 3.56. The first-order chi connectivity index (χ1) is 19.2. The zero-order valence-corrected chi connectivity index (χ0v) is 24.3. The van der Waals surface area contributed by atoms with Gasteiger partial charge >= 0.3 is 0 Å². The second-order valence-corrected chi connectivity index (χ2v) is 14.4. The van der Waals surface area contributed by atoms with Crippen molar-refractivity contribution in [3.8, 4) is 6.07 Å². The minimum atomic E-state index is -3.12. The van der Waals surface area contributed by atoms with Crippen LogP contribution in [-0.4, -0.2) is 54.6 Å². The summed E-state index contributed by atoms with van der Waals surface area (Å²) in [6.07, 6.45) is 9.38. The number of hydrogen-bond donors (Lipinski definition) is 1. The summed E-state index contributed by atoms with van der Waals surface area (Å²) in [6.45, 7) is 2.03. The van der Waals surface area contributed by atoms with E-state index in [2.05, 4.69) is 28.1 Å². The molecule has 2 aliphatic carbocycles. The highest BCUT2D eigenvalue weighted by molar-refractivity contribution is 7.88. The van der Waals surface area contributed by atoms with Crippen molar-refractivity contribution < 1.29 is 12.8 Å². The predicted octanol–water partition coefficient (Wildman–Crippen LogP) is 6.00. The van der Waals surface area contributed by atoms with E-state index in [-0.39, 0.29) is 10.4 Å². The topological polar surface area (TPSA) is 93.1 Å². The molecule has 3 fully saturated rings. The molecule has 0 amide bonds. The molecule has 1 N–H and O–H groups in total. The fraction of sp³-hybridized carbons (Fsp3) is 0.533. The van der Waals surface area contributed by atoms with E-state index in [1.54, 1.807) is 10.4 Å². The standard InChI is InChI=1S/C30H35ClFN5O2S/c1-40(38,39)36-12-8-20(9-13-36)5-3-11-37(29-34-27-16-25(31)26(32)17-28(27)35-29)24-7-10-30(18-23(30)15-24)22-6-2-4-21(14-22)19-33/h2,4,6,14,16-17,20,23-24H,3,5,7-13,15,18H2,1H3,(H,34,35)/t23?,24-,30-/m1/s1. The van der Waals surface area contributed by atoms with Gasteiger partial charge in [0.15, 0.2) is 0 Å². The van der Waals surface area contributed by atoms with Gasteiger partial charge in [0.25, 0.3) is 0 Å². The highest BCUT2D eigenvalue weighted by Crippen LogP contribution is 2.63. The lowest BCUT2D eigenvalue weighted by Gasteiger charge is -2.37. The highest BCUT2D eigenvalue weighted by atomic mass is 35.5. The molecular weight excluding hydrogens is 549 g/mol. The maximum atomic E-state index is 14.2. The molecular formula is C30H35ClFN5O2S. The molecule has 3 atom stereocenters. The number of halogens is 2. The van der Waals surface area contributed by atoms with Crippen LogP contribution < -0.4 is 4.90 Å². The average molecular weight is 584 g/mol. The first-order valence-corrected chi connectivity index (χ1v) is 16.5. The Morgan fingerprint density at radius 3 is 2.77 bits per heavy atom. The van der Waals surface area contributed by atoms with E-state index in [1.807, 2.05) is 12.1 Å². The molecule has 7 nitrogen and oxygen atoms in total. The van der Waals surface area contributed by atoms with E-state index >= 15 is 0 Å². The van der Waals surface area contributed by atoms with Gasteiger partial charge in [0.05, 0.1) is 33.9 Å². The van der Waals surface area contributed by atoms with E-state index in [0.29, 0.717) is 42.0 Å². The normalized spacial score (nSPS) is 25.4.